The molecule has 13 aliphatic carbocycles. The highest BCUT2D eigenvalue weighted by Crippen LogP contribution is 2.61. The Morgan fingerprint density at radius 1 is 0.366 bits per heavy atom. The van der Waals surface area contributed by atoms with Gasteiger partial charge in [-0.05, 0) is 296 Å². The molecule has 0 aromatic rings. The van der Waals surface area contributed by atoms with E-state index >= 15 is 0 Å². The molecule has 19 rings (SSSR count). The van der Waals surface area contributed by atoms with Crippen LogP contribution in [-0.2, 0) is 71.1 Å². The Morgan fingerprint density at radius 2 is 0.920 bits per heavy atom. The van der Waals surface area contributed by atoms with Gasteiger partial charge in [0.15, 0.2) is 0 Å². The number of hydrogen-bond donors (Lipinski definition) is 0. The van der Waals surface area contributed by atoms with Crippen LogP contribution in [0.25, 0.3) is 0 Å². The average Bonchev–Trinajstić information content (AvgIpc) is 1.73. The summed E-state index contributed by atoms with van der Waals surface area (Å²) in [7, 11) is 1.56. The quantitative estimate of drug-likeness (QED) is 0.0542. The second-order valence-corrected chi connectivity index (χ2v) is 34.9. The minimum absolute atomic E-state index is 0.0694. The maximum absolute atomic E-state index is 5.81. The predicted molar refractivity (Wildman–Crippen MR) is 454 cm³/mol. The first-order valence-corrected chi connectivity index (χ1v) is 45.0. The normalized spacial score (nSPS) is 36.6. The first-order valence-electron chi connectivity index (χ1n) is 45.0. The number of hydrogen-bond acceptors (Lipinski definition) is 15. The van der Waals surface area contributed by atoms with E-state index < -0.39 is 0 Å². The van der Waals surface area contributed by atoms with Gasteiger partial charge in [-0.1, -0.05) is 125 Å². The molecular weight excluding hydrogens is 1410 g/mol. The lowest BCUT2D eigenvalue weighted by Crippen LogP contribution is -2.51. The monoisotopic (exact) mass is 1570 g/mol. The molecule has 15 nitrogen and oxygen atoms in total. The van der Waals surface area contributed by atoms with Crippen molar-refractivity contribution < 1.29 is 71.1 Å². The van der Waals surface area contributed by atoms with Crippen LogP contribution in [0.15, 0.2) is 141 Å². The van der Waals surface area contributed by atoms with E-state index in [1.807, 2.05) is 6.92 Å². The summed E-state index contributed by atoms with van der Waals surface area (Å²) in [4.78, 5) is 0. The third kappa shape index (κ3) is 30.4. The number of ether oxygens (including phenoxy) is 15. The molecule has 6 heterocycles. The second-order valence-electron chi connectivity index (χ2n) is 34.9. The second kappa shape index (κ2) is 53.2. The van der Waals surface area contributed by atoms with Crippen molar-refractivity contribution in [3.05, 3.63) is 141 Å². The lowest BCUT2D eigenvalue weighted by atomic mass is 9.54. The fourth-order valence-corrected chi connectivity index (χ4v) is 23.2. The Hall–Kier alpha value is -5.22. The van der Waals surface area contributed by atoms with Crippen molar-refractivity contribution in [3.8, 4) is 0 Å². The SMILES string of the molecule is C1CC2CCC1O2.C=COC.C=COC12CC3CC(CC(C3)C1)C2.C=COC12CCC(CC1)C2.C=COC1CC2C3CCC(C3)C2C1.C=COC1CC2CC1C1CCCC21.C=COC1CCCCC1.C=COC1COC2CCOC12.C=COCC.C=COCC1CC2CCC1O2.C=COCCCC.C=COCCCCCC. The topological polar surface area (TPSA) is 138 Å². The zero-order valence-corrected chi connectivity index (χ0v) is 71.1. The molecule has 6 saturated heterocycles. The van der Waals surface area contributed by atoms with Crippen molar-refractivity contribution in [1.29, 1.82) is 0 Å². The number of fused-ring (bicyclic) bond motifs is 17. The molecule has 14 bridgehead atoms. The molecule has 112 heavy (non-hydrogen) atoms. The molecule has 0 amide bonds. The first kappa shape index (κ1) is 93.9. The molecule has 0 N–H and O–H groups in total. The smallest absolute Gasteiger partial charge is 0.150 e. The Labute approximate surface area is 682 Å². The van der Waals surface area contributed by atoms with Gasteiger partial charge in [-0.15, -0.1) is 0 Å². The predicted octanol–water partition coefficient (Wildman–Crippen LogP) is 24.4. The molecule has 15 atom stereocenters. The summed E-state index contributed by atoms with van der Waals surface area (Å²) in [5.74, 6) is 12.7. The van der Waals surface area contributed by atoms with Crippen LogP contribution < -0.4 is 0 Å². The molecule has 19 aliphatic rings. The molecule has 0 spiro atoms. The molecule has 6 aliphatic heterocycles. The third-order valence-electron chi connectivity index (χ3n) is 27.7. The van der Waals surface area contributed by atoms with Crippen molar-refractivity contribution in [1.82, 2.24) is 0 Å². The fraction of sp³-hybridized carbons (Fsp3) is 0.773. The first-order chi connectivity index (χ1) is 54.8. The lowest BCUT2D eigenvalue weighted by Gasteiger charge is -2.55. The summed E-state index contributed by atoms with van der Waals surface area (Å²) >= 11 is 0. The highest BCUT2D eigenvalue weighted by Gasteiger charge is 2.56. The van der Waals surface area contributed by atoms with Crippen molar-refractivity contribution in [3.63, 3.8) is 0 Å². The van der Waals surface area contributed by atoms with E-state index in [9.17, 15) is 0 Å². The van der Waals surface area contributed by atoms with E-state index in [2.05, 4.69) is 95.7 Å². The van der Waals surface area contributed by atoms with Crippen LogP contribution in [0.1, 0.15) is 278 Å². The van der Waals surface area contributed by atoms with Gasteiger partial charge in [-0.3, -0.25) is 0 Å². The summed E-state index contributed by atoms with van der Waals surface area (Å²) in [5, 5.41) is 0. The van der Waals surface area contributed by atoms with Crippen LogP contribution in [0.4, 0.5) is 0 Å². The zero-order chi connectivity index (χ0) is 80.2. The van der Waals surface area contributed by atoms with Gasteiger partial charge in [0.05, 0.1) is 152 Å². The Kier molecular flexibility index (Phi) is 44.6. The van der Waals surface area contributed by atoms with Gasteiger partial charge < -0.3 is 71.1 Å². The van der Waals surface area contributed by atoms with Gasteiger partial charge >= 0.3 is 0 Å². The fourth-order valence-electron chi connectivity index (χ4n) is 23.2. The molecule has 638 valence electrons. The number of unbranched alkanes of at least 4 members (excludes halogenated alkanes) is 4. The van der Waals surface area contributed by atoms with Crippen LogP contribution in [0, 0.1) is 76.9 Å². The van der Waals surface area contributed by atoms with Crippen molar-refractivity contribution in [2.24, 2.45) is 76.9 Å². The standard InChI is InChI=1S/3C12H18O.C9H14O2.C9H14O.C8H12O3.C8H14O.C8H16O.C6H10O.C6H12O.C4H8O.C3H6O/c1-2-13-12-6-9-3-10(7-12)5-11(4-9)8-12;1-2-13-10-6-11-8-3-4-9(5-8)12(11)7-10;1-2-13-12-7-8-6-11(12)10-5-3-4-9(8)10;1-2-10-6-7-5-8-3-4-9(7)11-8;1-2-10-9-5-3-8(7-9)4-6-9;1-2-9-7-5-11-6-3-4-10-8(6)7;1-2-9-8-6-4-3-5-7-8;1-3-5-6-7-8-9-4-2;1-2-6-4-3-5(1)7-6;1-3-5-6-7-4-2;1-3-5-4-2;1-3-4-2/h2,9-11H,1,3-8H2;2*2,8-12H,1,3-7H2;2,7-9H,1,3-6H2;2,8H,1,3-7H2;2,6-8H,1,3-5H2;2,8H,1,3-7H2;4H,2-3,5-8H2,1H3;5-6H,1-4H2;4H,2-3,5-6H2,1H3;3H,1,4H2,2H3;3H,1H2,2H3. The van der Waals surface area contributed by atoms with E-state index in [1.165, 1.54) is 282 Å². The maximum atomic E-state index is 5.81. The summed E-state index contributed by atoms with van der Waals surface area (Å²) in [6, 6.07) is 0. The third-order valence-corrected chi connectivity index (χ3v) is 27.7. The van der Waals surface area contributed by atoms with E-state index in [0.29, 0.717) is 55.3 Å². The van der Waals surface area contributed by atoms with Crippen molar-refractivity contribution >= 4 is 0 Å². The van der Waals surface area contributed by atoms with Gasteiger partial charge in [-0.25, -0.2) is 0 Å². The minimum Gasteiger partial charge on any atom is -0.505 e. The maximum Gasteiger partial charge on any atom is 0.150 e. The highest BCUT2D eigenvalue weighted by atomic mass is 16.6. The summed E-state index contributed by atoms with van der Waals surface area (Å²) in [5.41, 5.74) is 0.475. The highest BCUT2D eigenvalue weighted by molar-refractivity contribution is 5.06. The van der Waals surface area contributed by atoms with Crippen molar-refractivity contribution in [2.75, 3.05) is 46.8 Å². The number of rotatable bonds is 28. The largest absolute Gasteiger partial charge is 0.505 e. The Morgan fingerprint density at radius 3 is 1.41 bits per heavy atom. The lowest BCUT2D eigenvalue weighted by molar-refractivity contribution is -0.130. The molecule has 0 aromatic heterocycles. The Bertz CT molecular complexity index is 2560. The molecule has 0 aromatic carbocycles. The summed E-state index contributed by atoms with van der Waals surface area (Å²) in [6.45, 7) is 49.5. The van der Waals surface area contributed by atoms with Crippen LogP contribution in [-0.4, -0.2) is 119 Å². The van der Waals surface area contributed by atoms with Gasteiger partial charge in [0.1, 0.15) is 29.5 Å². The van der Waals surface area contributed by atoms with Gasteiger partial charge in [0.2, 0.25) is 0 Å². The van der Waals surface area contributed by atoms with E-state index in [1.54, 1.807) is 38.4 Å². The molecule has 15 unspecified atom stereocenters. The zero-order valence-electron chi connectivity index (χ0n) is 71.1. The average molecular weight is 1570 g/mol. The van der Waals surface area contributed by atoms with Crippen LogP contribution >= 0.6 is 0 Å². The van der Waals surface area contributed by atoms with E-state index in [4.69, 9.17) is 61.6 Å². The van der Waals surface area contributed by atoms with Gasteiger partial charge in [-0.2, -0.15) is 0 Å². The molecule has 0 radical (unpaired) electrons. The van der Waals surface area contributed by atoms with Crippen LogP contribution in [0.5, 0.6) is 0 Å². The van der Waals surface area contributed by atoms with Crippen LogP contribution in [0.3, 0.4) is 0 Å². The minimum atomic E-state index is 0.0694. The molecular formula is C97H160O15. The Balaban J connectivity index is 0.000000172. The molecule has 19 fully saturated rings. The number of methoxy groups -OCH3 is 1. The van der Waals surface area contributed by atoms with Crippen molar-refractivity contribution in [2.45, 2.75) is 350 Å². The molecule has 13 saturated carbocycles. The van der Waals surface area contributed by atoms with E-state index in [-0.39, 0.29) is 29.5 Å². The van der Waals surface area contributed by atoms with E-state index in [0.717, 1.165) is 117 Å². The summed E-state index contributed by atoms with van der Waals surface area (Å²) < 4.78 is 78.8. The molecule has 15 heteroatoms. The van der Waals surface area contributed by atoms with Crippen LogP contribution in [0.2, 0.25) is 0 Å². The van der Waals surface area contributed by atoms with Gasteiger partial charge in [0.25, 0.3) is 0 Å². The summed E-state index contributed by atoms with van der Waals surface area (Å²) in [6.07, 6.45) is 74.6. The van der Waals surface area contributed by atoms with Gasteiger partial charge in [0, 0.05) is 12.5 Å².